The number of aliphatic hydroxyl groups excluding tert-OH is 2. The summed E-state index contributed by atoms with van der Waals surface area (Å²) in [4.78, 5) is 0. The fraction of sp³-hybridized carbons (Fsp3) is 0.500. The molecule has 0 amide bonds. The summed E-state index contributed by atoms with van der Waals surface area (Å²) in [6, 6.07) is 0. The Balaban J connectivity index is 3.63. The van der Waals surface area contributed by atoms with Crippen LogP contribution in [0.1, 0.15) is 13.3 Å². The van der Waals surface area contributed by atoms with Crippen LogP contribution in [0.15, 0.2) is 12.7 Å². The third-order valence-electron chi connectivity index (χ3n) is 1.05. The summed E-state index contributed by atoms with van der Waals surface area (Å²) in [5.41, 5.74) is 0. The zero-order chi connectivity index (χ0) is 7.98. The summed E-state index contributed by atoms with van der Waals surface area (Å²) in [6.07, 6.45) is 0.221. The first-order chi connectivity index (χ1) is 4.70. The van der Waals surface area contributed by atoms with Crippen molar-refractivity contribution in [3.05, 3.63) is 12.7 Å². The van der Waals surface area contributed by atoms with Crippen molar-refractivity contribution in [1.29, 1.82) is 0 Å². The maximum absolute atomic E-state index is 8.97. The van der Waals surface area contributed by atoms with Gasteiger partial charge in [0, 0.05) is 6.42 Å². The molecular weight excluding hydrogens is 128 g/mol. The summed E-state index contributed by atoms with van der Waals surface area (Å²) < 4.78 is 0. The minimum absolute atomic E-state index is 0.240. The first-order valence-electron chi connectivity index (χ1n) is 3.11. The van der Waals surface area contributed by atoms with E-state index >= 15 is 0 Å². The lowest BCUT2D eigenvalue weighted by molar-refractivity contribution is 0.138. The Labute approximate surface area is 61.2 Å². The van der Waals surface area contributed by atoms with E-state index in [1.165, 1.54) is 6.08 Å². The molecule has 2 heteroatoms. The van der Waals surface area contributed by atoms with E-state index < -0.39 is 12.2 Å². The van der Waals surface area contributed by atoms with Crippen molar-refractivity contribution < 1.29 is 10.2 Å². The molecule has 0 aromatic carbocycles. The summed E-state index contributed by atoms with van der Waals surface area (Å²) >= 11 is 0. The zero-order valence-electron chi connectivity index (χ0n) is 6.04. The number of rotatable bonds is 3. The van der Waals surface area contributed by atoms with Gasteiger partial charge in [0.1, 0.15) is 6.10 Å². The van der Waals surface area contributed by atoms with Gasteiger partial charge in [0.05, 0.1) is 6.10 Å². The topological polar surface area (TPSA) is 40.5 Å². The molecule has 2 atom stereocenters. The second-order valence-corrected chi connectivity index (χ2v) is 1.95. The monoisotopic (exact) mass is 140 g/mol. The first kappa shape index (κ1) is 9.22. The highest BCUT2D eigenvalue weighted by Crippen LogP contribution is 1.96. The molecule has 0 saturated carbocycles. The molecule has 0 radical (unpaired) electrons. The van der Waals surface area contributed by atoms with E-state index in [1.54, 1.807) is 6.92 Å². The normalized spacial score (nSPS) is 14.7. The number of hydrogen-bond acceptors (Lipinski definition) is 2. The van der Waals surface area contributed by atoms with E-state index in [9.17, 15) is 0 Å². The van der Waals surface area contributed by atoms with E-state index in [-0.39, 0.29) is 6.42 Å². The van der Waals surface area contributed by atoms with Gasteiger partial charge in [0.15, 0.2) is 0 Å². The maximum atomic E-state index is 8.97. The van der Waals surface area contributed by atoms with Gasteiger partial charge < -0.3 is 10.2 Å². The van der Waals surface area contributed by atoms with Crippen molar-refractivity contribution in [2.24, 2.45) is 0 Å². The van der Waals surface area contributed by atoms with Gasteiger partial charge in [-0.3, -0.25) is 0 Å². The van der Waals surface area contributed by atoms with E-state index in [0.29, 0.717) is 0 Å². The Morgan fingerprint density at radius 3 is 2.60 bits per heavy atom. The van der Waals surface area contributed by atoms with Gasteiger partial charge in [-0.2, -0.15) is 0 Å². The minimum atomic E-state index is -0.738. The Kier molecular flexibility index (Phi) is 4.65. The van der Waals surface area contributed by atoms with Gasteiger partial charge >= 0.3 is 0 Å². The molecule has 0 aliphatic heterocycles. The second-order valence-electron chi connectivity index (χ2n) is 1.95. The highest BCUT2D eigenvalue weighted by molar-refractivity contribution is 5.03. The van der Waals surface area contributed by atoms with Crippen LogP contribution in [0.4, 0.5) is 0 Å². The summed E-state index contributed by atoms with van der Waals surface area (Å²) in [5, 5.41) is 17.9. The van der Waals surface area contributed by atoms with Gasteiger partial charge in [0.25, 0.3) is 0 Å². The summed E-state index contributed by atoms with van der Waals surface area (Å²) in [6.45, 7) is 5.01. The molecule has 0 aliphatic carbocycles. The molecule has 2 N–H and O–H groups in total. The van der Waals surface area contributed by atoms with E-state index in [0.717, 1.165) is 0 Å². The van der Waals surface area contributed by atoms with Crippen LogP contribution in [0.5, 0.6) is 0 Å². The molecule has 0 aromatic rings. The van der Waals surface area contributed by atoms with Crippen molar-refractivity contribution in [2.45, 2.75) is 25.6 Å². The first-order valence-corrected chi connectivity index (χ1v) is 3.11. The summed E-state index contributed by atoms with van der Waals surface area (Å²) in [7, 11) is 0. The van der Waals surface area contributed by atoms with Crippen LogP contribution in [0.3, 0.4) is 0 Å². The minimum Gasteiger partial charge on any atom is -0.389 e. The molecule has 0 unspecified atom stereocenters. The lowest BCUT2D eigenvalue weighted by Crippen LogP contribution is -2.13. The molecule has 10 heavy (non-hydrogen) atoms. The molecule has 56 valence electrons. The highest BCUT2D eigenvalue weighted by atomic mass is 16.3. The van der Waals surface area contributed by atoms with E-state index in [1.807, 2.05) is 0 Å². The number of hydrogen-bond donors (Lipinski definition) is 2. The van der Waals surface area contributed by atoms with Gasteiger partial charge in [-0.15, -0.1) is 12.5 Å². The Bertz CT molecular complexity index is 152. The lowest BCUT2D eigenvalue weighted by Gasteiger charge is -2.05. The lowest BCUT2D eigenvalue weighted by atomic mass is 10.1. The van der Waals surface area contributed by atoms with Crippen molar-refractivity contribution >= 4 is 0 Å². The van der Waals surface area contributed by atoms with Crippen LogP contribution in [0, 0.1) is 11.8 Å². The average molecular weight is 140 g/mol. The van der Waals surface area contributed by atoms with Crippen LogP contribution < -0.4 is 0 Å². The molecule has 0 rings (SSSR count). The zero-order valence-corrected chi connectivity index (χ0v) is 6.04. The fourth-order valence-corrected chi connectivity index (χ4v) is 0.551. The largest absolute Gasteiger partial charge is 0.389 e. The third kappa shape index (κ3) is 4.13. The van der Waals surface area contributed by atoms with Crippen LogP contribution in [-0.2, 0) is 0 Å². The predicted molar refractivity (Wildman–Crippen MR) is 40.3 cm³/mol. The molecule has 0 fully saturated rings. The van der Waals surface area contributed by atoms with Gasteiger partial charge in [-0.05, 0) is 6.92 Å². The van der Waals surface area contributed by atoms with E-state index in [2.05, 4.69) is 18.4 Å². The van der Waals surface area contributed by atoms with Crippen LogP contribution in [0.2, 0.25) is 0 Å². The van der Waals surface area contributed by atoms with Gasteiger partial charge in [0.2, 0.25) is 0 Å². The van der Waals surface area contributed by atoms with Crippen molar-refractivity contribution in [1.82, 2.24) is 0 Å². The van der Waals surface area contributed by atoms with Gasteiger partial charge in [-0.1, -0.05) is 12.0 Å². The molecule has 2 nitrogen and oxygen atoms in total. The Morgan fingerprint density at radius 2 is 2.20 bits per heavy atom. The van der Waals surface area contributed by atoms with E-state index in [4.69, 9.17) is 10.2 Å². The second kappa shape index (κ2) is 5.04. The van der Waals surface area contributed by atoms with Gasteiger partial charge in [-0.25, -0.2) is 0 Å². The molecule has 0 aliphatic rings. The maximum Gasteiger partial charge on any atom is 0.117 e. The molecule has 0 saturated heterocycles. The quantitative estimate of drug-likeness (QED) is 0.437. The molecule has 0 aromatic heterocycles. The van der Waals surface area contributed by atoms with Crippen LogP contribution in [0.25, 0.3) is 0 Å². The molecular formula is C8H12O2. The Morgan fingerprint density at radius 1 is 1.60 bits per heavy atom. The van der Waals surface area contributed by atoms with Crippen molar-refractivity contribution in [3.8, 4) is 11.8 Å². The molecule has 0 bridgehead atoms. The summed E-state index contributed by atoms with van der Waals surface area (Å²) in [5.74, 6) is 5.06. The molecule has 0 heterocycles. The van der Waals surface area contributed by atoms with Crippen LogP contribution >= 0.6 is 0 Å². The number of aliphatic hydroxyl groups is 2. The van der Waals surface area contributed by atoms with Crippen molar-refractivity contribution in [3.63, 3.8) is 0 Å². The van der Waals surface area contributed by atoms with Crippen molar-refractivity contribution in [2.75, 3.05) is 0 Å². The molecule has 0 spiro atoms. The smallest absolute Gasteiger partial charge is 0.117 e. The average Bonchev–Trinajstić information content (AvgIpc) is 1.88. The van der Waals surface area contributed by atoms with Crippen LogP contribution in [-0.4, -0.2) is 22.4 Å². The SMILES string of the molecule is C=C[C@@H](O)C[C@@H](O)C#CC. The Hall–Kier alpha value is -0.780. The third-order valence-corrected chi connectivity index (χ3v) is 1.05. The predicted octanol–water partition coefficient (Wildman–Crippen LogP) is 0.308. The fourth-order valence-electron chi connectivity index (χ4n) is 0.551. The highest BCUT2D eigenvalue weighted by Gasteiger charge is 2.04. The standard InChI is InChI=1S/C8H12O2/c1-3-5-8(10)6-7(9)4-2/h4,7-10H,2,6H2,1H3/t7-,8+/m1/s1.